The molecule has 0 saturated carbocycles. The van der Waals surface area contributed by atoms with Crippen molar-refractivity contribution in [2.75, 3.05) is 11.5 Å². The summed E-state index contributed by atoms with van der Waals surface area (Å²) in [6.45, 7) is 8.47. The number of aliphatic hydroxyl groups is 1. The first kappa shape index (κ1) is 35.5. The molecule has 1 rings (SSSR count). The molecule has 5 heteroatoms. The molecule has 1 aliphatic rings. The molecule has 33 heavy (non-hydrogen) atoms. The maximum absolute atomic E-state index is 9.94. The summed E-state index contributed by atoms with van der Waals surface area (Å²) in [6.07, 6.45) is 24.3. The normalized spacial score (nSPS) is 18.5. The predicted octanol–water partition coefficient (Wildman–Crippen LogP) is 9.01. The maximum atomic E-state index is 9.94. The van der Waals surface area contributed by atoms with Gasteiger partial charge in [-0.25, -0.2) is 0 Å². The molecule has 0 amide bonds. The first-order chi connectivity index (χ1) is 16.0. The smallest absolute Gasteiger partial charge is 0.119 e. The summed E-state index contributed by atoms with van der Waals surface area (Å²) in [5, 5.41) is 8.50. The van der Waals surface area contributed by atoms with E-state index in [9.17, 15) is 4.79 Å². The molecular weight excluding hydrogens is 448 g/mol. The molecule has 1 aliphatic heterocycles. The van der Waals surface area contributed by atoms with E-state index in [4.69, 9.17) is 9.84 Å². The second-order valence-electron chi connectivity index (χ2n) is 9.38. The Morgan fingerprint density at radius 2 is 1.45 bits per heavy atom. The Hall–Kier alpha value is 0.290. The zero-order valence-electron chi connectivity index (χ0n) is 22.6. The summed E-state index contributed by atoms with van der Waals surface area (Å²) < 4.78 is 5.89. The first-order valence-corrected chi connectivity index (χ1v) is 15.7. The van der Waals surface area contributed by atoms with Gasteiger partial charge in [0.1, 0.15) is 11.7 Å². The van der Waals surface area contributed by atoms with Gasteiger partial charge in [0.05, 0.1) is 12.2 Å². The van der Waals surface area contributed by atoms with Crippen molar-refractivity contribution < 1.29 is 14.6 Å². The van der Waals surface area contributed by atoms with Gasteiger partial charge >= 0.3 is 0 Å². The van der Waals surface area contributed by atoms with Gasteiger partial charge in [-0.15, -0.1) is 11.8 Å². The molecule has 1 fully saturated rings. The Balaban J connectivity index is 0. The number of thioether (sulfide) groups is 1. The van der Waals surface area contributed by atoms with Crippen LogP contribution in [0.25, 0.3) is 0 Å². The number of rotatable bonds is 18. The van der Waals surface area contributed by atoms with Gasteiger partial charge in [0.2, 0.25) is 0 Å². The molecule has 3 atom stereocenters. The van der Waals surface area contributed by atoms with Crippen LogP contribution >= 0.6 is 24.4 Å². The van der Waals surface area contributed by atoms with Crippen LogP contribution in [0, 0.1) is 0 Å². The van der Waals surface area contributed by atoms with Crippen molar-refractivity contribution in [2.45, 2.75) is 161 Å². The number of thiol groups is 1. The number of aldehydes is 1. The van der Waals surface area contributed by atoms with Crippen LogP contribution in [-0.4, -0.2) is 40.5 Å². The molecule has 0 aliphatic carbocycles. The van der Waals surface area contributed by atoms with E-state index in [1.54, 1.807) is 6.92 Å². The second-order valence-corrected chi connectivity index (χ2v) is 11.1. The minimum Gasteiger partial charge on any atom is -0.393 e. The van der Waals surface area contributed by atoms with Crippen LogP contribution in [0.1, 0.15) is 143 Å². The van der Waals surface area contributed by atoms with Crippen molar-refractivity contribution in [3.05, 3.63) is 0 Å². The van der Waals surface area contributed by atoms with Crippen molar-refractivity contribution in [2.24, 2.45) is 0 Å². The highest BCUT2D eigenvalue weighted by Gasteiger charge is 2.18. The first-order valence-electron chi connectivity index (χ1n) is 14.0. The van der Waals surface area contributed by atoms with E-state index in [1.165, 1.54) is 102 Å². The lowest BCUT2D eigenvalue weighted by molar-refractivity contribution is -0.107. The van der Waals surface area contributed by atoms with Crippen LogP contribution in [-0.2, 0) is 9.53 Å². The molecule has 0 aromatic carbocycles. The molecule has 0 aromatic heterocycles. The van der Waals surface area contributed by atoms with E-state index in [1.807, 2.05) is 11.8 Å². The van der Waals surface area contributed by atoms with E-state index in [0.717, 1.165) is 31.3 Å². The predicted molar refractivity (Wildman–Crippen MR) is 153 cm³/mol. The van der Waals surface area contributed by atoms with Crippen molar-refractivity contribution >= 4 is 30.7 Å². The highest BCUT2D eigenvalue weighted by molar-refractivity contribution is 7.99. The van der Waals surface area contributed by atoms with Crippen molar-refractivity contribution in [3.63, 3.8) is 0 Å². The number of hydrogen-bond acceptors (Lipinski definition) is 5. The number of carbonyl (C=O) groups excluding carboxylic acids is 1. The Bertz CT molecular complexity index is 367. The van der Waals surface area contributed by atoms with Crippen LogP contribution in [0.2, 0.25) is 0 Å². The quantitative estimate of drug-likeness (QED) is 0.111. The highest BCUT2D eigenvalue weighted by atomic mass is 32.2. The van der Waals surface area contributed by atoms with Gasteiger partial charge < -0.3 is 14.6 Å². The van der Waals surface area contributed by atoms with Gasteiger partial charge in [-0.1, -0.05) is 90.9 Å². The van der Waals surface area contributed by atoms with E-state index in [-0.39, 0.29) is 6.10 Å². The molecule has 0 aromatic rings. The third-order valence-corrected chi connectivity index (χ3v) is 7.18. The van der Waals surface area contributed by atoms with Crippen molar-refractivity contribution in [3.8, 4) is 0 Å². The van der Waals surface area contributed by atoms with E-state index >= 15 is 0 Å². The van der Waals surface area contributed by atoms with Crippen LogP contribution in [0.4, 0.5) is 0 Å². The molecule has 1 saturated heterocycles. The Morgan fingerprint density at radius 3 is 1.88 bits per heavy atom. The molecule has 1 N–H and O–H groups in total. The Labute approximate surface area is 217 Å². The molecule has 1 heterocycles. The van der Waals surface area contributed by atoms with E-state index in [2.05, 4.69) is 33.4 Å². The lowest BCUT2D eigenvalue weighted by atomic mass is 10.1. The Morgan fingerprint density at radius 1 is 0.939 bits per heavy atom. The lowest BCUT2D eigenvalue weighted by Crippen LogP contribution is -2.23. The highest BCUT2D eigenvalue weighted by Crippen LogP contribution is 2.27. The summed E-state index contributed by atoms with van der Waals surface area (Å²) in [4.78, 5) is 9.94. The van der Waals surface area contributed by atoms with Crippen LogP contribution in [0.5, 0.6) is 0 Å². The van der Waals surface area contributed by atoms with E-state index in [0.29, 0.717) is 11.5 Å². The zero-order chi connectivity index (χ0) is 25.0. The molecule has 200 valence electrons. The Kier molecular flexibility index (Phi) is 32.6. The van der Waals surface area contributed by atoms with Gasteiger partial charge in [-0.3, -0.25) is 0 Å². The monoisotopic (exact) mass is 506 g/mol. The third kappa shape index (κ3) is 32.3. The van der Waals surface area contributed by atoms with Crippen LogP contribution in [0.3, 0.4) is 0 Å². The molecule has 3 nitrogen and oxygen atoms in total. The SMILES string of the molecule is CC(O)CCS.CCCCCCCCCC1OC(C)CCS1.CCCCCCCCCC=O. The molecule has 0 radical (unpaired) electrons. The van der Waals surface area contributed by atoms with E-state index < -0.39 is 0 Å². The van der Waals surface area contributed by atoms with Gasteiger partial charge in [0, 0.05) is 6.42 Å². The third-order valence-electron chi connectivity index (χ3n) is 5.73. The average Bonchev–Trinajstić information content (AvgIpc) is 2.79. The molecular formula is C28H58O3S2. The average molecular weight is 507 g/mol. The van der Waals surface area contributed by atoms with Gasteiger partial charge in [-0.2, -0.15) is 12.6 Å². The fourth-order valence-electron chi connectivity index (χ4n) is 3.52. The van der Waals surface area contributed by atoms with Crippen molar-refractivity contribution in [1.29, 1.82) is 0 Å². The minimum absolute atomic E-state index is 0.178. The zero-order valence-corrected chi connectivity index (χ0v) is 24.3. The van der Waals surface area contributed by atoms with Gasteiger partial charge in [0.15, 0.2) is 0 Å². The summed E-state index contributed by atoms with van der Waals surface area (Å²) in [5.41, 5.74) is 0.499. The largest absolute Gasteiger partial charge is 0.393 e. The fraction of sp³-hybridized carbons (Fsp3) is 0.964. The lowest BCUT2D eigenvalue weighted by Gasteiger charge is -2.27. The molecule has 0 bridgehead atoms. The number of unbranched alkanes of at least 4 members (excludes halogenated alkanes) is 13. The number of hydrogen-bond donors (Lipinski definition) is 2. The number of aliphatic hydroxyl groups excluding tert-OH is 1. The van der Waals surface area contributed by atoms with Crippen molar-refractivity contribution in [1.82, 2.24) is 0 Å². The number of ether oxygens (including phenoxy) is 1. The molecule has 0 spiro atoms. The minimum atomic E-state index is -0.178. The summed E-state index contributed by atoms with van der Waals surface area (Å²) in [5.74, 6) is 2.07. The standard InChI is InChI=1S/C14H28OS.C10H20O.C4H10OS/c1-3-4-5-6-7-8-9-10-14-15-13(2)11-12-16-14;1-2-3-4-5-6-7-8-9-10-11;1-4(5)2-3-6/h13-14H,3-12H2,1-2H3;10H,2-9H2,1H3;4-6H,2-3H2,1H3. The molecule has 3 unspecified atom stereocenters. The topological polar surface area (TPSA) is 46.5 Å². The fourth-order valence-corrected chi connectivity index (χ4v) is 5.23. The second kappa shape index (κ2) is 30.3. The van der Waals surface area contributed by atoms with Gasteiger partial charge in [-0.05, 0) is 57.5 Å². The van der Waals surface area contributed by atoms with Crippen LogP contribution < -0.4 is 0 Å². The summed E-state index contributed by atoms with van der Waals surface area (Å²) in [7, 11) is 0. The van der Waals surface area contributed by atoms with Crippen LogP contribution in [0.15, 0.2) is 0 Å². The summed E-state index contributed by atoms with van der Waals surface area (Å²) in [6, 6.07) is 0. The summed E-state index contributed by atoms with van der Waals surface area (Å²) >= 11 is 5.92. The number of carbonyl (C=O) groups is 1. The van der Waals surface area contributed by atoms with Gasteiger partial charge in [0.25, 0.3) is 0 Å². The maximum Gasteiger partial charge on any atom is 0.119 e.